The minimum absolute atomic E-state index is 0.175. The number of nitrogens with zero attached hydrogens (tertiary/aromatic N) is 3. The number of rotatable bonds is 6. The molecule has 0 aliphatic carbocycles. The standard InChI is InChI=1S/C25H31F4N3O2/c1-8-31(7)15-30-21-11-17(3)22(12-16(21)2)32(23(33)34-24(4,5)6)14-18-9-10-19(20(26)13-18)25(27,28)29/h9-13,15H,8,14H2,1-7H3. The Morgan fingerprint density at radius 3 is 2.26 bits per heavy atom. The highest BCUT2D eigenvalue weighted by molar-refractivity contribution is 5.89. The Morgan fingerprint density at radius 1 is 1.09 bits per heavy atom. The van der Waals surface area contributed by atoms with Gasteiger partial charge in [0, 0.05) is 13.6 Å². The van der Waals surface area contributed by atoms with Gasteiger partial charge >= 0.3 is 12.3 Å². The lowest BCUT2D eigenvalue weighted by atomic mass is 10.1. The average molecular weight is 482 g/mol. The van der Waals surface area contributed by atoms with E-state index in [1.54, 1.807) is 40.1 Å². The van der Waals surface area contributed by atoms with Crippen LogP contribution in [0.15, 0.2) is 35.3 Å². The first kappa shape index (κ1) is 27.1. The van der Waals surface area contributed by atoms with Crippen LogP contribution in [0.1, 0.15) is 49.9 Å². The Balaban J connectivity index is 2.50. The van der Waals surface area contributed by atoms with Gasteiger partial charge in [-0.1, -0.05) is 6.07 Å². The van der Waals surface area contributed by atoms with Crippen LogP contribution in [-0.4, -0.2) is 36.5 Å². The van der Waals surface area contributed by atoms with Gasteiger partial charge in [-0.3, -0.25) is 4.90 Å². The largest absolute Gasteiger partial charge is 0.443 e. The summed E-state index contributed by atoms with van der Waals surface area (Å²) in [7, 11) is 1.90. The van der Waals surface area contributed by atoms with E-state index in [0.29, 0.717) is 23.0 Å². The number of hydrogen-bond acceptors (Lipinski definition) is 3. The van der Waals surface area contributed by atoms with Gasteiger partial charge in [0.1, 0.15) is 11.4 Å². The maximum Gasteiger partial charge on any atom is 0.419 e. The molecule has 0 atom stereocenters. The summed E-state index contributed by atoms with van der Waals surface area (Å²) in [5.74, 6) is -1.40. The predicted molar refractivity (Wildman–Crippen MR) is 126 cm³/mol. The van der Waals surface area contributed by atoms with E-state index in [1.807, 2.05) is 31.9 Å². The zero-order valence-electron chi connectivity index (χ0n) is 20.5. The van der Waals surface area contributed by atoms with Crippen molar-refractivity contribution in [3.63, 3.8) is 0 Å². The molecule has 34 heavy (non-hydrogen) atoms. The van der Waals surface area contributed by atoms with Crippen molar-refractivity contribution in [1.29, 1.82) is 0 Å². The maximum atomic E-state index is 14.2. The molecular formula is C25H31F4N3O2. The Labute approximate surface area is 198 Å². The number of carbonyl (C=O) groups excluding carboxylic acids is 1. The summed E-state index contributed by atoms with van der Waals surface area (Å²) < 4.78 is 58.6. The number of carbonyl (C=O) groups is 1. The van der Waals surface area contributed by atoms with Gasteiger partial charge in [0.2, 0.25) is 0 Å². The molecule has 0 saturated heterocycles. The zero-order valence-corrected chi connectivity index (χ0v) is 20.5. The fraction of sp³-hybridized carbons (Fsp3) is 0.440. The van der Waals surface area contributed by atoms with E-state index < -0.39 is 29.3 Å². The zero-order chi connectivity index (χ0) is 25.8. The number of aliphatic imine (C=N–C) groups is 1. The topological polar surface area (TPSA) is 45.1 Å². The van der Waals surface area contributed by atoms with Gasteiger partial charge in [-0.2, -0.15) is 13.2 Å². The summed E-state index contributed by atoms with van der Waals surface area (Å²) in [6.07, 6.45) is -3.79. The average Bonchev–Trinajstić information content (AvgIpc) is 2.70. The smallest absolute Gasteiger partial charge is 0.419 e. The minimum atomic E-state index is -4.80. The molecule has 0 fully saturated rings. The normalized spacial score (nSPS) is 12.2. The molecule has 1 amide bonds. The molecule has 0 bridgehead atoms. The van der Waals surface area contributed by atoms with Crippen LogP contribution in [0.5, 0.6) is 0 Å². The number of anilines is 1. The van der Waals surface area contributed by atoms with Gasteiger partial charge in [0.25, 0.3) is 0 Å². The number of hydrogen-bond donors (Lipinski definition) is 0. The molecule has 0 aromatic heterocycles. The van der Waals surface area contributed by atoms with Gasteiger partial charge in [-0.15, -0.1) is 0 Å². The van der Waals surface area contributed by atoms with Crippen LogP contribution in [0.3, 0.4) is 0 Å². The van der Waals surface area contributed by atoms with E-state index >= 15 is 0 Å². The van der Waals surface area contributed by atoms with Gasteiger partial charge < -0.3 is 9.64 Å². The van der Waals surface area contributed by atoms with E-state index in [2.05, 4.69) is 4.99 Å². The number of halogens is 4. The highest BCUT2D eigenvalue weighted by Crippen LogP contribution is 2.34. The number of amides is 1. The Bertz CT molecular complexity index is 1060. The summed E-state index contributed by atoms with van der Waals surface area (Å²) in [5.41, 5.74) is 0.731. The van der Waals surface area contributed by atoms with Crippen molar-refractivity contribution in [2.75, 3.05) is 18.5 Å². The van der Waals surface area contributed by atoms with Gasteiger partial charge in [0.15, 0.2) is 0 Å². The monoisotopic (exact) mass is 481 g/mol. The first-order valence-electron chi connectivity index (χ1n) is 10.8. The molecule has 2 aromatic carbocycles. The lowest BCUT2D eigenvalue weighted by Crippen LogP contribution is -2.37. The quantitative estimate of drug-likeness (QED) is 0.253. The van der Waals surface area contributed by atoms with E-state index in [4.69, 9.17) is 4.74 Å². The summed E-state index contributed by atoms with van der Waals surface area (Å²) >= 11 is 0. The first-order chi connectivity index (χ1) is 15.6. The molecular weight excluding hydrogens is 450 g/mol. The third kappa shape index (κ3) is 7.20. The van der Waals surface area contributed by atoms with Crippen molar-refractivity contribution in [2.45, 2.75) is 59.9 Å². The van der Waals surface area contributed by atoms with Crippen molar-refractivity contribution in [1.82, 2.24) is 4.90 Å². The van der Waals surface area contributed by atoms with Crippen LogP contribution in [0, 0.1) is 19.7 Å². The second kappa shape index (κ2) is 10.4. The van der Waals surface area contributed by atoms with Gasteiger partial charge in [-0.05, 0) is 82.5 Å². The second-order valence-corrected chi connectivity index (χ2v) is 9.12. The molecule has 0 saturated carbocycles. The number of benzene rings is 2. The molecule has 9 heteroatoms. The third-order valence-corrected chi connectivity index (χ3v) is 4.99. The van der Waals surface area contributed by atoms with E-state index in [0.717, 1.165) is 24.2 Å². The maximum absolute atomic E-state index is 14.2. The predicted octanol–water partition coefficient (Wildman–Crippen LogP) is 7.01. The molecule has 5 nitrogen and oxygen atoms in total. The highest BCUT2D eigenvalue weighted by Gasteiger charge is 2.34. The highest BCUT2D eigenvalue weighted by atomic mass is 19.4. The molecule has 0 aliphatic rings. The van der Waals surface area contributed by atoms with Gasteiger partial charge in [-0.25, -0.2) is 14.2 Å². The summed E-state index contributed by atoms with van der Waals surface area (Å²) in [4.78, 5) is 20.8. The fourth-order valence-corrected chi connectivity index (χ4v) is 3.09. The van der Waals surface area contributed by atoms with Crippen molar-refractivity contribution in [3.05, 3.63) is 58.4 Å². The molecule has 0 spiro atoms. The third-order valence-electron chi connectivity index (χ3n) is 4.99. The Morgan fingerprint density at radius 2 is 1.74 bits per heavy atom. The molecule has 2 rings (SSSR count). The first-order valence-corrected chi connectivity index (χ1v) is 10.8. The summed E-state index contributed by atoms with van der Waals surface area (Å²) in [6, 6.07) is 6.21. The van der Waals surface area contributed by atoms with E-state index in [-0.39, 0.29) is 12.1 Å². The molecule has 0 unspecified atom stereocenters. The molecule has 0 heterocycles. The van der Waals surface area contributed by atoms with Crippen LogP contribution in [0.25, 0.3) is 0 Å². The molecule has 186 valence electrons. The Hall–Kier alpha value is -3.10. The van der Waals surface area contributed by atoms with Crippen LogP contribution in [0.4, 0.5) is 33.7 Å². The summed E-state index contributed by atoms with van der Waals surface area (Å²) in [5, 5.41) is 0. The van der Waals surface area contributed by atoms with E-state index in [9.17, 15) is 22.4 Å². The van der Waals surface area contributed by atoms with Crippen LogP contribution < -0.4 is 4.90 Å². The number of ether oxygens (including phenoxy) is 1. The fourth-order valence-electron chi connectivity index (χ4n) is 3.09. The molecule has 0 N–H and O–H groups in total. The van der Waals surface area contributed by atoms with Crippen molar-refractivity contribution >= 4 is 23.8 Å². The number of aryl methyl sites for hydroxylation is 2. The molecule has 2 aromatic rings. The second-order valence-electron chi connectivity index (χ2n) is 9.12. The van der Waals surface area contributed by atoms with E-state index in [1.165, 1.54) is 4.90 Å². The summed E-state index contributed by atoms with van der Waals surface area (Å²) in [6.45, 7) is 11.4. The SMILES string of the molecule is CCN(C)C=Nc1cc(C)c(N(Cc2ccc(C(F)(F)F)c(F)c2)C(=O)OC(C)(C)C)cc1C. The van der Waals surface area contributed by atoms with Crippen molar-refractivity contribution < 1.29 is 27.1 Å². The van der Waals surface area contributed by atoms with Gasteiger partial charge in [0.05, 0.1) is 29.8 Å². The Kier molecular flexibility index (Phi) is 8.34. The van der Waals surface area contributed by atoms with Crippen LogP contribution in [-0.2, 0) is 17.5 Å². The van der Waals surface area contributed by atoms with Crippen LogP contribution >= 0.6 is 0 Å². The molecule has 0 radical (unpaired) electrons. The molecule has 0 aliphatic heterocycles. The minimum Gasteiger partial charge on any atom is -0.443 e. The number of alkyl halides is 3. The van der Waals surface area contributed by atoms with Crippen molar-refractivity contribution in [3.8, 4) is 0 Å². The lowest BCUT2D eigenvalue weighted by Gasteiger charge is -2.29. The van der Waals surface area contributed by atoms with Crippen LogP contribution in [0.2, 0.25) is 0 Å². The van der Waals surface area contributed by atoms with Crippen molar-refractivity contribution in [2.24, 2.45) is 4.99 Å². The lowest BCUT2D eigenvalue weighted by molar-refractivity contribution is -0.140.